The van der Waals surface area contributed by atoms with E-state index >= 15 is 0 Å². The van der Waals surface area contributed by atoms with Gasteiger partial charge in [0.05, 0.1) is 0 Å². The Morgan fingerprint density at radius 2 is 2.05 bits per heavy atom. The van der Waals surface area contributed by atoms with Crippen molar-refractivity contribution in [2.24, 2.45) is 0 Å². The van der Waals surface area contributed by atoms with Gasteiger partial charge in [-0.3, -0.25) is 0 Å². The molecule has 5 heteroatoms. The number of hydrogen-bond acceptors (Lipinski definition) is 3. The average Bonchev–Trinajstić information content (AvgIpc) is 3.16. The molecule has 0 spiro atoms. The van der Waals surface area contributed by atoms with Gasteiger partial charge in [-0.2, -0.15) is 0 Å². The van der Waals surface area contributed by atoms with Crippen molar-refractivity contribution in [3.05, 3.63) is 50.4 Å². The van der Waals surface area contributed by atoms with Crippen LogP contribution in [-0.4, -0.2) is 6.04 Å². The fourth-order valence-electron chi connectivity index (χ4n) is 1.86. The third kappa shape index (κ3) is 3.81. The molecule has 1 aromatic carbocycles. The molecule has 0 atom stereocenters. The predicted octanol–water partition coefficient (Wildman–Crippen LogP) is 4.48. The smallest absolute Gasteiger partial charge is 0.165 e. The van der Waals surface area contributed by atoms with E-state index in [2.05, 4.69) is 27.3 Å². The summed E-state index contributed by atoms with van der Waals surface area (Å²) in [6.45, 7) is 1.32. The van der Waals surface area contributed by atoms with Crippen molar-refractivity contribution in [2.45, 2.75) is 32.0 Å². The number of halogens is 2. The van der Waals surface area contributed by atoms with Gasteiger partial charge in [-0.15, -0.1) is 11.3 Å². The van der Waals surface area contributed by atoms with Crippen LogP contribution in [0.3, 0.4) is 0 Å². The summed E-state index contributed by atoms with van der Waals surface area (Å²) in [5, 5.41) is 3.48. The van der Waals surface area contributed by atoms with Gasteiger partial charge >= 0.3 is 0 Å². The summed E-state index contributed by atoms with van der Waals surface area (Å²) in [5.74, 6) is -0.0502. The van der Waals surface area contributed by atoms with E-state index in [-0.39, 0.29) is 11.6 Å². The van der Waals surface area contributed by atoms with Crippen molar-refractivity contribution in [2.75, 3.05) is 0 Å². The monoisotopic (exact) mass is 355 g/mol. The maximum atomic E-state index is 13.5. The Bertz CT molecular complexity index is 597. The van der Waals surface area contributed by atoms with Crippen LogP contribution in [0.4, 0.5) is 4.39 Å². The summed E-state index contributed by atoms with van der Waals surface area (Å²) in [6, 6.07) is 9.58. The highest BCUT2D eigenvalue weighted by atomic mass is 79.9. The molecule has 1 saturated carbocycles. The Hall–Kier alpha value is -0.910. The van der Waals surface area contributed by atoms with E-state index in [0.29, 0.717) is 12.6 Å². The van der Waals surface area contributed by atoms with Crippen LogP contribution >= 0.6 is 27.3 Å². The molecule has 0 amide bonds. The van der Waals surface area contributed by atoms with Crippen LogP contribution < -0.4 is 10.1 Å². The summed E-state index contributed by atoms with van der Waals surface area (Å²) in [7, 11) is 0. The number of nitrogens with one attached hydrogen (secondary N) is 1. The summed E-state index contributed by atoms with van der Waals surface area (Å²) >= 11 is 5.02. The lowest BCUT2D eigenvalue weighted by molar-refractivity contribution is 0.293. The van der Waals surface area contributed by atoms with Crippen molar-refractivity contribution in [3.8, 4) is 5.75 Å². The van der Waals surface area contributed by atoms with Crippen LogP contribution in [0.15, 0.2) is 34.8 Å². The third-order valence-corrected chi connectivity index (χ3v) is 4.67. The van der Waals surface area contributed by atoms with Gasteiger partial charge in [-0.05, 0) is 43.2 Å². The van der Waals surface area contributed by atoms with E-state index < -0.39 is 0 Å². The van der Waals surface area contributed by atoms with Crippen LogP contribution in [0.1, 0.15) is 22.6 Å². The molecule has 1 fully saturated rings. The molecule has 0 saturated heterocycles. The van der Waals surface area contributed by atoms with Crippen molar-refractivity contribution in [1.29, 1.82) is 0 Å². The predicted molar refractivity (Wildman–Crippen MR) is 82.6 cm³/mol. The number of ether oxygens (including phenoxy) is 1. The molecule has 0 radical (unpaired) electrons. The van der Waals surface area contributed by atoms with Gasteiger partial charge in [-0.25, -0.2) is 4.39 Å². The van der Waals surface area contributed by atoms with Crippen molar-refractivity contribution >= 4 is 27.3 Å². The third-order valence-electron chi connectivity index (χ3n) is 3.12. The van der Waals surface area contributed by atoms with Gasteiger partial charge in [0, 0.05) is 26.8 Å². The lowest BCUT2D eigenvalue weighted by Gasteiger charge is -2.06. The van der Waals surface area contributed by atoms with Crippen molar-refractivity contribution < 1.29 is 9.13 Å². The molecular formula is C15H15BrFNOS. The first kappa shape index (κ1) is 14.0. The van der Waals surface area contributed by atoms with Crippen LogP contribution in [0.2, 0.25) is 0 Å². The molecule has 3 rings (SSSR count). The molecule has 0 bridgehead atoms. The summed E-state index contributed by atoms with van der Waals surface area (Å²) in [4.78, 5) is 2.40. The maximum Gasteiger partial charge on any atom is 0.165 e. The molecule has 2 aromatic rings. The van der Waals surface area contributed by atoms with Gasteiger partial charge in [0.25, 0.3) is 0 Å². The standard InChI is InChI=1S/C15H15BrFNOS/c16-10-1-6-14(17)15(7-10)19-9-13-5-4-12(20-13)8-18-11-2-3-11/h1,4-7,11,18H,2-3,8-9H2. The average molecular weight is 356 g/mol. The van der Waals surface area contributed by atoms with E-state index in [1.165, 1.54) is 23.8 Å². The number of benzene rings is 1. The van der Waals surface area contributed by atoms with Gasteiger partial charge in [-0.1, -0.05) is 15.9 Å². The van der Waals surface area contributed by atoms with Gasteiger partial charge in [0.1, 0.15) is 6.61 Å². The normalized spacial score (nSPS) is 14.5. The SMILES string of the molecule is Fc1ccc(Br)cc1OCc1ccc(CNC2CC2)s1. The minimum atomic E-state index is -0.333. The first-order valence-electron chi connectivity index (χ1n) is 6.59. The van der Waals surface area contributed by atoms with Gasteiger partial charge < -0.3 is 10.1 Å². The van der Waals surface area contributed by atoms with Crippen LogP contribution in [0.25, 0.3) is 0 Å². The molecule has 1 aromatic heterocycles. The first-order chi connectivity index (χ1) is 9.70. The molecule has 2 nitrogen and oxygen atoms in total. The largest absolute Gasteiger partial charge is 0.485 e. The molecule has 20 heavy (non-hydrogen) atoms. The highest BCUT2D eigenvalue weighted by Gasteiger charge is 2.20. The fraction of sp³-hybridized carbons (Fsp3) is 0.333. The van der Waals surface area contributed by atoms with E-state index in [1.807, 2.05) is 6.07 Å². The highest BCUT2D eigenvalue weighted by Crippen LogP contribution is 2.25. The zero-order valence-electron chi connectivity index (χ0n) is 10.9. The second kappa shape index (κ2) is 6.24. The van der Waals surface area contributed by atoms with Crippen LogP contribution in [-0.2, 0) is 13.2 Å². The Labute approximate surface area is 130 Å². The molecule has 1 N–H and O–H groups in total. The number of thiophene rings is 1. The van der Waals surface area contributed by atoms with Crippen molar-refractivity contribution in [3.63, 3.8) is 0 Å². The molecule has 1 heterocycles. The Kier molecular flexibility index (Phi) is 4.38. The molecule has 0 unspecified atom stereocenters. The highest BCUT2D eigenvalue weighted by molar-refractivity contribution is 9.10. The second-order valence-electron chi connectivity index (χ2n) is 4.89. The first-order valence-corrected chi connectivity index (χ1v) is 8.20. The van der Waals surface area contributed by atoms with Crippen LogP contribution in [0, 0.1) is 5.82 Å². The molecular weight excluding hydrogens is 341 g/mol. The number of rotatable bonds is 6. The Morgan fingerprint density at radius 1 is 1.25 bits per heavy atom. The lowest BCUT2D eigenvalue weighted by atomic mass is 10.3. The molecule has 106 valence electrons. The zero-order valence-corrected chi connectivity index (χ0v) is 13.3. The second-order valence-corrected chi connectivity index (χ2v) is 7.06. The minimum absolute atomic E-state index is 0.283. The summed E-state index contributed by atoms with van der Waals surface area (Å²) < 4.78 is 19.9. The Morgan fingerprint density at radius 3 is 2.85 bits per heavy atom. The van der Waals surface area contributed by atoms with E-state index in [1.54, 1.807) is 23.5 Å². The van der Waals surface area contributed by atoms with Crippen LogP contribution in [0.5, 0.6) is 5.75 Å². The maximum absolute atomic E-state index is 13.5. The summed E-state index contributed by atoms with van der Waals surface area (Å²) in [5.41, 5.74) is 0. The zero-order chi connectivity index (χ0) is 13.9. The molecule has 1 aliphatic carbocycles. The van der Waals surface area contributed by atoms with Crippen molar-refractivity contribution in [1.82, 2.24) is 5.32 Å². The summed E-state index contributed by atoms with van der Waals surface area (Å²) in [6.07, 6.45) is 2.59. The van der Waals surface area contributed by atoms with E-state index in [4.69, 9.17) is 4.74 Å². The quantitative estimate of drug-likeness (QED) is 0.824. The Balaban J connectivity index is 1.55. The lowest BCUT2D eigenvalue weighted by Crippen LogP contribution is -2.14. The van der Waals surface area contributed by atoms with Gasteiger partial charge in [0.2, 0.25) is 0 Å². The topological polar surface area (TPSA) is 21.3 Å². The van der Waals surface area contributed by atoms with Gasteiger partial charge in [0.15, 0.2) is 11.6 Å². The fourth-order valence-corrected chi connectivity index (χ4v) is 3.09. The van der Waals surface area contributed by atoms with E-state index in [0.717, 1.165) is 15.9 Å². The number of hydrogen-bond donors (Lipinski definition) is 1. The molecule has 0 aliphatic heterocycles. The van der Waals surface area contributed by atoms with E-state index in [9.17, 15) is 4.39 Å². The minimum Gasteiger partial charge on any atom is -0.485 e. The molecule has 1 aliphatic rings.